The molecule has 2 amide bonds. The smallest absolute Gasteiger partial charge is 0.409 e. The van der Waals surface area contributed by atoms with Crippen molar-refractivity contribution >= 4 is 23.6 Å². The maximum Gasteiger partial charge on any atom is 0.409 e. The summed E-state index contributed by atoms with van der Waals surface area (Å²) in [6.45, 7) is 5.21. The maximum absolute atomic E-state index is 12.0. The van der Waals surface area contributed by atoms with E-state index < -0.39 is 0 Å². The first-order valence-corrected chi connectivity index (χ1v) is 11.3. The van der Waals surface area contributed by atoms with Crippen molar-refractivity contribution in [1.29, 1.82) is 0 Å². The van der Waals surface area contributed by atoms with Crippen LogP contribution in [0.3, 0.4) is 0 Å². The van der Waals surface area contributed by atoms with E-state index in [0.29, 0.717) is 25.7 Å². The van der Waals surface area contributed by atoms with Gasteiger partial charge in [0.1, 0.15) is 6.54 Å². The first-order chi connectivity index (χ1) is 15.4. The van der Waals surface area contributed by atoms with Crippen LogP contribution in [-0.4, -0.2) is 94.3 Å². The summed E-state index contributed by atoms with van der Waals surface area (Å²) in [6, 6.07) is 10.5. The zero-order valence-electron chi connectivity index (χ0n) is 19.8. The molecule has 32 heavy (non-hydrogen) atoms. The SMILES string of the molecule is CCOC(=O)N1CCC(NC(=NCC(=O)N(C)C)NCCCN(C)c2ccccc2)CC1. The fraction of sp³-hybridized carbons (Fsp3) is 0.609. The molecule has 0 radical (unpaired) electrons. The molecule has 1 heterocycles. The summed E-state index contributed by atoms with van der Waals surface area (Å²) >= 11 is 0. The number of guanidine groups is 1. The number of nitrogens with zero attached hydrogens (tertiary/aromatic N) is 4. The Kier molecular flexibility index (Phi) is 10.6. The van der Waals surface area contributed by atoms with Crippen molar-refractivity contribution in [1.82, 2.24) is 20.4 Å². The van der Waals surface area contributed by atoms with E-state index in [9.17, 15) is 9.59 Å². The van der Waals surface area contributed by atoms with Crippen LogP contribution < -0.4 is 15.5 Å². The van der Waals surface area contributed by atoms with E-state index in [0.717, 1.165) is 32.4 Å². The number of aliphatic imine (C=N–C) groups is 1. The fourth-order valence-corrected chi connectivity index (χ4v) is 3.39. The van der Waals surface area contributed by atoms with Gasteiger partial charge in [0.05, 0.1) is 6.61 Å². The summed E-state index contributed by atoms with van der Waals surface area (Å²) in [5.74, 6) is 0.587. The van der Waals surface area contributed by atoms with E-state index in [1.54, 1.807) is 19.0 Å². The Morgan fingerprint density at radius 1 is 1.16 bits per heavy atom. The molecule has 1 saturated heterocycles. The van der Waals surface area contributed by atoms with E-state index in [2.05, 4.69) is 39.7 Å². The van der Waals surface area contributed by atoms with Gasteiger partial charge in [-0.1, -0.05) is 18.2 Å². The molecule has 1 fully saturated rings. The van der Waals surface area contributed by atoms with Crippen molar-refractivity contribution in [3.63, 3.8) is 0 Å². The number of carbonyl (C=O) groups excluding carboxylic acids is 2. The molecule has 0 aliphatic carbocycles. The van der Waals surface area contributed by atoms with E-state index in [-0.39, 0.29) is 24.6 Å². The number of anilines is 1. The number of carbonyl (C=O) groups is 2. The molecule has 1 aromatic carbocycles. The number of amides is 2. The Balaban J connectivity index is 1.84. The monoisotopic (exact) mass is 446 g/mol. The van der Waals surface area contributed by atoms with Crippen molar-refractivity contribution in [2.75, 3.05) is 65.4 Å². The van der Waals surface area contributed by atoms with E-state index in [1.807, 2.05) is 25.1 Å². The highest BCUT2D eigenvalue weighted by molar-refractivity contribution is 5.85. The number of hydrogen-bond donors (Lipinski definition) is 2. The molecule has 9 nitrogen and oxygen atoms in total. The number of rotatable bonds is 9. The molecule has 2 N–H and O–H groups in total. The predicted octanol–water partition coefficient (Wildman–Crippen LogP) is 1.76. The number of piperidine rings is 1. The largest absolute Gasteiger partial charge is 0.450 e. The highest BCUT2D eigenvalue weighted by atomic mass is 16.6. The molecular formula is C23H38N6O3. The Bertz CT molecular complexity index is 733. The van der Waals surface area contributed by atoms with Gasteiger partial charge in [-0.2, -0.15) is 0 Å². The van der Waals surface area contributed by atoms with Crippen LogP contribution in [0.2, 0.25) is 0 Å². The molecule has 0 spiro atoms. The van der Waals surface area contributed by atoms with Gasteiger partial charge in [0.25, 0.3) is 0 Å². The molecule has 0 bridgehead atoms. The topological polar surface area (TPSA) is 89.5 Å². The van der Waals surface area contributed by atoms with E-state index in [1.165, 1.54) is 10.6 Å². The molecule has 9 heteroatoms. The predicted molar refractivity (Wildman–Crippen MR) is 128 cm³/mol. The number of likely N-dealkylation sites (tertiary alicyclic amines) is 1. The molecular weight excluding hydrogens is 408 g/mol. The molecule has 0 unspecified atom stereocenters. The second-order valence-corrected chi connectivity index (χ2v) is 8.10. The van der Waals surface area contributed by atoms with Crippen molar-refractivity contribution in [3.8, 4) is 0 Å². The number of likely N-dealkylation sites (N-methyl/N-ethyl adjacent to an activating group) is 1. The van der Waals surface area contributed by atoms with Crippen LogP contribution in [0.5, 0.6) is 0 Å². The lowest BCUT2D eigenvalue weighted by Gasteiger charge is -2.32. The Morgan fingerprint density at radius 3 is 2.47 bits per heavy atom. The summed E-state index contributed by atoms with van der Waals surface area (Å²) in [5, 5.41) is 6.80. The van der Waals surface area contributed by atoms with Crippen molar-refractivity contribution in [2.24, 2.45) is 4.99 Å². The first-order valence-electron chi connectivity index (χ1n) is 11.3. The molecule has 1 aliphatic heterocycles. The summed E-state index contributed by atoms with van der Waals surface area (Å²) in [4.78, 5) is 33.9. The molecule has 178 valence electrons. The number of para-hydroxylation sites is 1. The average Bonchev–Trinajstić information content (AvgIpc) is 2.80. The minimum absolute atomic E-state index is 0.0490. The highest BCUT2D eigenvalue weighted by Crippen LogP contribution is 2.12. The summed E-state index contributed by atoms with van der Waals surface area (Å²) in [5.41, 5.74) is 1.18. The standard InChI is InChI=1S/C23H38N6O3/c1-5-32-23(31)29-16-12-19(13-17-29)26-22(25-18-21(30)27(2)3)24-14-9-15-28(4)20-10-7-6-8-11-20/h6-8,10-11,19H,5,9,12-18H2,1-4H3,(H2,24,25,26). The van der Waals surface area contributed by atoms with Gasteiger partial charge >= 0.3 is 6.09 Å². The molecule has 1 aliphatic rings. The number of nitrogens with one attached hydrogen (secondary N) is 2. The Hall–Kier alpha value is -2.97. The second-order valence-electron chi connectivity index (χ2n) is 8.10. The summed E-state index contributed by atoms with van der Waals surface area (Å²) in [7, 11) is 5.53. The number of benzene rings is 1. The summed E-state index contributed by atoms with van der Waals surface area (Å²) < 4.78 is 5.09. The van der Waals surface area contributed by atoms with Gasteiger partial charge in [-0.3, -0.25) is 4.79 Å². The zero-order chi connectivity index (χ0) is 23.3. The fourth-order valence-electron chi connectivity index (χ4n) is 3.39. The molecule has 1 aromatic rings. The van der Waals surface area contributed by atoms with E-state index in [4.69, 9.17) is 4.74 Å². The molecule has 0 atom stereocenters. The molecule has 0 saturated carbocycles. The van der Waals surface area contributed by atoms with Gasteiger partial charge in [-0.05, 0) is 38.3 Å². The molecule has 0 aromatic heterocycles. The van der Waals surface area contributed by atoms with Crippen molar-refractivity contribution in [3.05, 3.63) is 30.3 Å². The molecule has 2 rings (SSSR count). The average molecular weight is 447 g/mol. The summed E-state index contributed by atoms with van der Waals surface area (Å²) in [6.07, 6.45) is 2.28. The first kappa shape index (κ1) is 25.3. The third-order valence-corrected chi connectivity index (χ3v) is 5.39. The van der Waals surface area contributed by atoms with Crippen LogP contribution in [0.25, 0.3) is 0 Å². The van der Waals surface area contributed by atoms with Crippen LogP contribution in [-0.2, 0) is 9.53 Å². The minimum Gasteiger partial charge on any atom is -0.450 e. The quantitative estimate of drug-likeness (QED) is 0.341. The third-order valence-electron chi connectivity index (χ3n) is 5.39. The van der Waals surface area contributed by atoms with Gasteiger partial charge in [0.15, 0.2) is 5.96 Å². The lowest BCUT2D eigenvalue weighted by molar-refractivity contribution is -0.127. The zero-order valence-corrected chi connectivity index (χ0v) is 19.8. The third kappa shape index (κ3) is 8.64. The highest BCUT2D eigenvalue weighted by Gasteiger charge is 2.24. The van der Waals surface area contributed by atoms with Gasteiger partial charge in [-0.25, -0.2) is 9.79 Å². The van der Waals surface area contributed by atoms with Crippen LogP contribution >= 0.6 is 0 Å². The second kappa shape index (κ2) is 13.4. The van der Waals surface area contributed by atoms with Gasteiger partial charge in [-0.15, -0.1) is 0 Å². The van der Waals surface area contributed by atoms with E-state index >= 15 is 0 Å². The van der Waals surface area contributed by atoms with Gasteiger partial charge < -0.3 is 30.1 Å². The van der Waals surface area contributed by atoms with Crippen LogP contribution in [0.4, 0.5) is 10.5 Å². The number of hydrogen-bond acceptors (Lipinski definition) is 5. The lowest BCUT2D eigenvalue weighted by atomic mass is 10.1. The maximum atomic E-state index is 12.0. The normalized spacial score (nSPS) is 14.6. The van der Waals surface area contributed by atoms with Crippen LogP contribution in [0.15, 0.2) is 35.3 Å². The lowest BCUT2D eigenvalue weighted by Crippen LogP contribution is -2.50. The minimum atomic E-state index is -0.253. The van der Waals surface area contributed by atoms with Crippen LogP contribution in [0.1, 0.15) is 26.2 Å². The van der Waals surface area contributed by atoms with Crippen molar-refractivity contribution in [2.45, 2.75) is 32.2 Å². The van der Waals surface area contributed by atoms with Crippen molar-refractivity contribution < 1.29 is 14.3 Å². The Morgan fingerprint density at radius 2 is 1.84 bits per heavy atom. The van der Waals surface area contributed by atoms with Crippen LogP contribution in [0, 0.1) is 0 Å². The Labute approximate surface area is 191 Å². The van der Waals surface area contributed by atoms with Gasteiger partial charge in [0.2, 0.25) is 5.91 Å². The van der Waals surface area contributed by atoms with Gasteiger partial charge in [0, 0.05) is 59.1 Å². The number of ether oxygens (including phenoxy) is 1.